The van der Waals surface area contributed by atoms with Crippen molar-refractivity contribution >= 4 is 26.6 Å². The predicted octanol–water partition coefficient (Wildman–Crippen LogP) is 0.399. The van der Waals surface area contributed by atoms with E-state index in [1.54, 1.807) is 0 Å². The minimum atomic E-state index is -2.65. The summed E-state index contributed by atoms with van der Waals surface area (Å²) < 4.78 is 17.6. The van der Waals surface area contributed by atoms with E-state index in [-0.39, 0.29) is 5.57 Å². The predicted molar refractivity (Wildman–Crippen MR) is 38.6 cm³/mol. The minimum Gasteiger partial charge on any atom is -0.478 e. The van der Waals surface area contributed by atoms with E-state index < -0.39 is 15.9 Å². The van der Waals surface area contributed by atoms with Crippen LogP contribution in [0.5, 0.6) is 0 Å². The zero-order valence-corrected chi connectivity index (χ0v) is 6.85. The molecular formula is C4H7ClO4S. The zero-order valence-electron chi connectivity index (χ0n) is 5.20. The molecule has 0 saturated heterocycles. The molecule has 0 atom stereocenters. The van der Waals surface area contributed by atoms with Crippen molar-refractivity contribution < 1.29 is 18.3 Å². The first-order valence-corrected chi connectivity index (χ1v) is 4.15. The summed E-state index contributed by atoms with van der Waals surface area (Å²) in [5.74, 6) is -0.935. The number of thiol groups is 1. The molecule has 0 aromatic rings. The second kappa shape index (κ2) is 6.57. The Morgan fingerprint density at radius 3 is 1.70 bits per heavy atom. The minimum absolute atomic E-state index is 0.176. The third-order valence-corrected chi connectivity index (χ3v) is 0.365. The van der Waals surface area contributed by atoms with E-state index in [1.165, 1.54) is 6.92 Å². The highest BCUT2D eigenvalue weighted by Gasteiger charge is 1.90. The van der Waals surface area contributed by atoms with Gasteiger partial charge < -0.3 is 5.11 Å². The first-order chi connectivity index (χ1) is 4.37. The van der Waals surface area contributed by atoms with E-state index in [9.17, 15) is 4.79 Å². The van der Waals surface area contributed by atoms with Crippen LogP contribution >= 0.6 is 10.7 Å². The highest BCUT2D eigenvalue weighted by Crippen LogP contribution is 1.81. The van der Waals surface area contributed by atoms with Crippen molar-refractivity contribution in [1.82, 2.24) is 0 Å². The summed E-state index contributed by atoms with van der Waals surface area (Å²) in [6.07, 6.45) is 0. The van der Waals surface area contributed by atoms with Gasteiger partial charge in [0.2, 0.25) is 9.92 Å². The first kappa shape index (κ1) is 12.2. The summed E-state index contributed by atoms with van der Waals surface area (Å²) in [7, 11) is 1.58. The van der Waals surface area contributed by atoms with E-state index in [1.807, 2.05) is 0 Å². The van der Waals surface area contributed by atoms with Gasteiger partial charge in [0.1, 0.15) is 0 Å². The topological polar surface area (TPSA) is 71.4 Å². The van der Waals surface area contributed by atoms with Crippen molar-refractivity contribution in [2.75, 3.05) is 0 Å². The summed E-state index contributed by atoms with van der Waals surface area (Å²) in [5, 5.41) is 7.89. The molecule has 0 bridgehead atoms. The average molecular weight is 187 g/mol. The molecule has 0 aromatic carbocycles. The number of carbonyl (C=O) groups is 1. The van der Waals surface area contributed by atoms with Gasteiger partial charge in [0.05, 0.1) is 0 Å². The lowest BCUT2D eigenvalue weighted by atomic mass is 10.4. The standard InChI is InChI=1S/C4H6O2.ClHO2S/c1-3(2)4(5)6;1-4(2)3/h1H2,2H3,(H,5,6);4H. The zero-order chi connectivity index (χ0) is 8.73. The Balaban J connectivity index is 0. The van der Waals surface area contributed by atoms with Crippen molar-refractivity contribution in [3.8, 4) is 0 Å². The highest BCUT2D eigenvalue weighted by molar-refractivity contribution is 7.98. The third kappa shape index (κ3) is 26.0. The molecule has 0 aromatic heterocycles. The van der Waals surface area contributed by atoms with Gasteiger partial charge in [0, 0.05) is 16.3 Å². The Bertz CT molecular complexity index is 175. The molecule has 4 nitrogen and oxygen atoms in total. The van der Waals surface area contributed by atoms with Crippen LogP contribution in [0.4, 0.5) is 0 Å². The van der Waals surface area contributed by atoms with Crippen molar-refractivity contribution in [2.45, 2.75) is 6.92 Å². The summed E-state index contributed by atoms with van der Waals surface area (Å²) in [6, 6.07) is 0. The molecule has 0 unspecified atom stereocenters. The molecule has 0 aliphatic carbocycles. The molecule has 0 saturated carbocycles. The number of hydrogen-bond donors (Lipinski definition) is 2. The fourth-order valence-electron chi connectivity index (χ4n) is 0. The second-order valence-electron chi connectivity index (χ2n) is 1.30. The average Bonchev–Trinajstić information content (AvgIpc) is 1.63. The van der Waals surface area contributed by atoms with Gasteiger partial charge >= 0.3 is 5.97 Å². The van der Waals surface area contributed by atoms with Gasteiger partial charge in [-0.05, 0) is 6.92 Å². The van der Waals surface area contributed by atoms with Crippen molar-refractivity contribution in [3.05, 3.63) is 12.2 Å². The lowest BCUT2D eigenvalue weighted by Gasteiger charge is -1.79. The van der Waals surface area contributed by atoms with E-state index in [2.05, 4.69) is 17.3 Å². The van der Waals surface area contributed by atoms with Crippen molar-refractivity contribution in [2.24, 2.45) is 0 Å². The fraction of sp³-hybridized carbons (Fsp3) is 0.250. The van der Waals surface area contributed by atoms with Gasteiger partial charge in [-0.2, -0.15) is 0 Å². The molecule has 6 heteroatoms. The van der Waals surface area contributed by atoms with Crippen LogP contribution in [0, 0.1) is 0 Å². The van der Waals surface area contributed by atoms with E-state index in [0.717, 1.165) is 0 Å². The number of aliphatic carboxylic acids is 1. The van der Waals surface area contributed by atoms with Crippen LogP contribution in [-0.4, -0.2) is 19.5 Å². The van der Waals surface area contributed by atoms with Gasteiger partial charge in [0.25, 0.3) is 0 Å². The van der Waals surface area contributed by atoms with Crippen molar-refractivity contribution in [1.29, 1.82) is 0 Å². The van der Waals surface area contributed by atoms with Gasteiger partial charge in [0.15, 0.2) is 0 Å². The van der Waals surface area contributed by atoms with Gasteiger partial charge in [-0.15, -0.1) is 0 Å². The fourth-order valence-corrected chi connectivity index (χ4v) is 0. The summed E-state index contributed by atoms with van der Waals surface area (Å²) >= 11 is 0. The molecule has 1 N–H and O–H groups in total. The molecule has 0 spiro atoms. The summed E-state index contributed by atoms with van der Waals surface area (Å²) in [4.78, 5) is 9.60. The lowest BCUT2D eigenvalue weighted by Crippen LogP contribution is -1.92. The van der Waals surface area contributed by atoms with E-state index in [4.69, 9.17) is 13.5 Å². The largest absolute Gasteiger partial charge is 0.478 e. The molecule has 0 amide bonds. The number of halogens is 1. The molecule has 0 fully saturated rings. The SMILES string of the molecule is C=C(C)C(=O)O.O=[SH](=O)Cl. The van der Waals surface area contributed by atoms with Crippen LogP contribution in [0.25, 0.3) is 0 Å². The second-order valence-corrected chi connectivity index (χ2v) is 2.55. The van der Waals surface area contributed by atoms with Crippen molar-refractivity contribution in [3.63, 3.8) is 0 Å². The molecule has 0 aliphatic heterocycles. The molecular weight excluding hydrogens is 180 g/mol. The Labute approximate surface area is 64.6 Å². The maximum Gasteiger partial charge on any atom is 0.330 e. The van der Waals surface area contributed by atoms with Crippen LogP contribution in [0.2, 0.25) is 0 Å². The van der Waals surface area contributed by atoms with Gasteiger partial charge in [-0.3, -0.25) is 0 Å². The number of hydrogen-bond acceptors (Lipinski definition) is 3. The Morgan fingerprint density at radius 1 is 1.60 bits per heavy atom. The van der Waals surface area contributed by atoms with Crippen LogP contribution < -0.4 is 0 Å². The van der Waals surface area contributed by atoms with Crippen LogP contribution in [0.15, 0.2) is 12.2 Å². The highest BCUT2D eigenvalue weighted by atomic mass is 35.7. The maximum absolute atomic E-state index is 9.60. The first-order valence-electron chi connectivity index (χ1n) is 2.07. The van der Waals surface area contributed by atoms with E-state index >= 15 is 0 Å². The Hall–Kier alpha value is -0.550. The molecule has 0 aliphatic rings. The smallest absolute Gasteiger partial charge is 0.330 e. The molecule has 0 rings (SSSR count). The number of carboxylic acids is 1. The van der Waals surface area contributed by atoms with Gasteiger partial charge in [-0.25, -0.2) is 13.2 Å². The molecule has 0 radical (unpaired) electrons. The number of carboxylic acid groups (broad SMARTS) is 1. The maximum atomic E-state index is 9.60. The van der Waals surface area contributed by atoms with E-state index in [0.29, 0.717) is 0 Å². The third-order valence-electron chi connectivity index (χ3n) is 0.365. The van der Waals surface area contributed by atoms with Crippen LogP contribution in [-0.2, 0) is 14.7 Å². The van der Waals surface area contributed by atoms with Gasteiger partial charge in [-0.1, -0.05) is 6.58 Å². The Kier molecular flexibility index (Phi) is 7.99. The molecule has 10 heavy (non-hydrogen) atoms. The monoisotopic (exact) mass is 186 g/mol. The normalized spacial score (nSPS) is 7.90. The summed E-state index contributed by atoms with van der Waals surface area (Å²) in [5.41, 5.74) is 0.176. The lowest BCUT2D eigenvalue weighted by molar-refractivity contribution is -0.132. The van der Waals surface area contributed by atoms with Crippen LogP contribution in [0.1, 0.15) is 6.92 Å². The Morgan fingerprint density at radius 2 is 1.70 bits per heavy atom. The quantitative estimate of drug-likeness (QED) is 0.353. The number of rotatable bonds is 1. The van der Waals surface area contributed by atoms with Crippen LogP contribution in [0.3, 0.4) is 0 Å². The summed E-state index contributed by atoms with van der Waals surface area (Å²) in [6.45, 7) is 4.60. The molecule has 60 valence electrons. The molecule has 0 heterocycles.